The van der Waals surface area contributed by atoms with Crippen molar-refractivity contribution in [2.45, 2.75) is 51.1 Å². The van der Waals surface area contributed by atoms with Crippen LogP contribution in [0.3, 0.4) is 0 Å². The number of thiocarbonyl (C=S) groups is 1. The summed E-state index contributed by atoms with van der Waals surface area (Å²) in [5, 5.41) is 14.3. The minimum atomic E-state index is -1.30. The number of hydrogen-bond acceptors (Lipinski definition) is 6. The summed E-state index contributed by atoms with van der Waals surface area (Å²) in [6, 6.07) is 4.55. The largest absolute Gasteiger partial charge is 0.367 e. The maximum atomic E-state index is 13.8. The molecule has 4 aliphatic rings. The quantitative estimate of drug-likeness (QED) is 0.345. The first kappa shape index (κ1) is 18.5. The smallest absolute Gasteiger partial charge is 0.269 e. The van der Waals surface area contributed by atoms with E-state index in [1.807, 2.05) is 0 Å². The predicted molar refractivity (Wildman–Crippen MR) is 109 cm³/mol. The number of hydrogen-bond donors (Lipinski definition) is 1. The molecule has 0 radical (unpaired) electrons. The van der Waals surface area contributed by atoms with Crippen LogP contribution in [-0.2, 0) is 16.0 Å². The molecule has 1 aliphatic carbocycles. The van der Waals surface area contributed by atoms with Gasteiger partial charge in [-0.2, -0.15) is 0 Å². The van der Waals surface area contributed by atoms with E-state index in [-0.39, 0.29) is 41.1 Å². The van der Waals surface area contributed by atoms with Gasteiger partial charge in [-0.3, -0.25) is 24.6 Å². The number of carbonyl (C=O) groups excluding carboxylic acids is 2. The van der Waals surface area contributed by atoms with Crippen LogP contribution in [0.2, 0.25) is 0 Å². The number of nitro benzene ring substituents is 1. The highest BCUT2D eigenvalue weighted by Gasteiger charge is 2.63. The van der Waals surface area contributed by atoms with Gasteiger partial charge in [-0.05, 0) is 55.4 Å². The van der Waals surface area contributed by atoms with Gasteiger partial charge < -0.3 is 10.2 Å². The summed E-state index contributed by atoms with van der Waals surface area (Å²) in [6.45, 7) is 2.86. The van der Waals surface area contributed by atoms with Gasteiger partial charge in [-0.15, -0.1) is 0 Å². The van der Waals surface area contributed by atoms with E-state index in [0.29, 0.717) is 18.0 Å². The number of non-ortho nitro benzene ring substituents is 1. The topological polar surface area (TPSA) is 95.8 Å². The summed E-state index contributed by atoms with van der Waals surface area (Å²) in [4.78, 5) is 41.8. The lowest BCUT2D eigenvalue weighted by Gasteiger charge is -2.55. The molecule has 5 rings (SSSR count). The fourth-order valence-corrected chi connectivity index (χ4v) is 5.53. The van der Waals surface area contributed by atoms with E-state index in [9.17, 15) is 19.7 Å². The number of anilines is 1. The van der Waals surface area contributed by atoms with Crippen molar-refractivity contribution >= 4 is 40.5 Å². The fraction of sp³-hybridized carbons (Fsp3) is 0.550. The van der Waals surface area contributed by atoms with E-state index in [2.05, 4.69) is 17.1 Å². The molecule has 3 atom stereocenters. The van der Waals surface area contributed by atoms with E-state index in [4.69, 9.17) is 12.2 Å². The van der Waals surface area contributed by atoms with Crippen LogP contribution >= 0.6 is 12.2 Å². The highest BCUT2D eigenvalue weighted by atomic mass is 32.1. The van der Waals surface area contributed by atoms with Gasteiger partial charge in [-0.1, -0.05) is 6.92 Å². The second-order valence-electron chi connectivity index (χ2n) is 8.72. The summed E-state index contributed by atoms with van der Waals surface area (Å²) in [7, 11) is 0. The van der Waals surface area contributed by atoms with Crippen LogP contribution in [0, 0.1) is 21.4 Å². The van der Waals surface area contributed by atoms with Gasteiger partial charge in [0.25, 0.3) is 5.69 Å². The molecule has 0 bridgehead atoms. The number of amides is 2. The van der Waals surface area contributed by atoms with Crippen LogP contribution in [0.5, 0.6) is 0 Å². The first-order valence-corrected chi connectivity index (χ1v) is 10.5. The van der Waals surface area contributed by atoms with Gasteiger partial charge in [0.1, 0.15) is 0 Å². The molecular formula is C20H22N4O4S. The minimum absolute atomic E-state index is 0.0269. The lowest BCUT2D eigenvalue weighted by atomic mass is 9.65. The predicted octanol–water partition coefficient (Wildman–Crippen LogP) is 2.15. The Morgan fingerprint density at radius 1 is 1.28 bits per heavy atom. The number of fused-ring (bicyclic) bond motifs is 4. The standard InChI is InChI=1S/C20H22N4O4S/c1-11-6-7-22-15-5-4-14(24(27)28)9-12(15)10-20(16(22)8-11)17(25)21-19(29)23(18(20)26)13-2-3-13/h4-5,9,11,13,16H,2-3,6-8,10H2,1H3,(H,21,25,29)/t11-,16-,20-/m0/s1. The molecule has 1 N–H and O–H groups in total. The van der Waals surface area contributed by atoms with Gasteiger partial charge in [0, 0.05) is 36.8 Å². The molecule has 0 aromatic heterocycles. The van der Waals surface area contributed by atoms with E-state index in [0.717, 1.165) is 31.4 Å². The lowest BCUT2D eigenvalue weighted by Crippen LogP contribution is -2.73. The molecule has 8 nitrogen and oxygen atoms in total. The number of benzene rings is 1. The first-order chi connectivity index (χ1) is 13.8. The van der Waals surface area contributed by atoms with Crippen molar-refractivity contribution in [3.63, 3.8) is 0 Å². The summed E-state index contributed by atoms with van der Waals surface area (Å²) in [5.74, 6) is -0.225. The second kappa shape index (κ2) is 6.22. The van der Waals surface area contributed by atoms with Crippen molar-refractivity contribution in [1.29, 1.82) is 0 Å². The molecule has 3 fully saturated rings. The maximum Gasteiger partial charge on any atom is 0.269 e. The number of rotatable bonds is 2. The number of nitrogens with one attached hydrogen (secondary N) is 1. The third-order valence-electron chi connectivity index (χ3n) is 6.84. The molecule has 29 heavy (non-hydrogen) atoms. The van der Waals surface area contributed by atoms with Gasteiger partial charge in [0.2, 0.25) is 11.8 Å². The Morgan fingerprint density at radius 2 is 2.03 bits per heavy atom. The summed E-state index contributed by atoms with van der Waals surface area (Å²) >= 11 is 5.32. The molecular weight excluding hydrogens is 392 g/mol. The molecule has 2 amide bonds. The van der Waals surface area contributed by atoms with Crippen LogP contribution in [0.25, 0.3) is 0 Å². The van der Waals surface area contributed by atoms with Gasteiger partial charge >= 0.3 is 0 Å². The molecule has 1 saturated carbocycles. The average Bonchev–Trinajstić information content (AvgIpc) is 3.50. The third-order valence-corrected chi connectivity index (χ3v) is 7.14. The zero-order valence-electron chi connectivity index (χ0n) is 16.1. The molecule has 3 heterocycles. The molecule has 152 valence electrons. The number of piperidine rings is 1. The van der Waals surface area contributed by atoms with Crippen LogP contribution in [-0.4, -0.2) is 45.4 Å². The Balaban J connectivity index is 1.67. The molecule has 1 aromatic carbocycles. The zero-order valence-corrected chi connectivity index (χ0v) is 16.9. The SMILES string of the molecule is C[C@H]1CCN2c3ccc([N+](=O)[O-])cc3C[C@@]3(C(=O)NC(=S)N(C4CC4)C3=O)[C@@H]2C1. The monoisotopic (exact) mass is 414 g/mol. The van der Waals surface area contributed by atoms with Gasteiger partial charge in [0.05, 0.1) is 11.0 Å². The van der Waals surface area contributed by atoms with Crippen molar-refractivity contribution < 1.29 is 14.5 Å². The van der Waals surface area contributed by atoms with E-state index in [1.54, 1.807) is 11.0 Å². The van der Waals surface area contributed by atoms with Crippen molar-refractivity contribution in [2.24, 2.45) is 11.3 Å². The summed E-state index contributed by atoms with van der Waals surface area (Å²) < 4.78 is 0. The van der Waals surface area contributed by atoms with Crippen molar-refractivity contribution in [3.05, 3.63) is 33.9 Å². The Labute approximate surface area is 173 Å². The van der Waals surface area contributed by atoms with E-state index in [1.165, 1.54) is 12.1 Å². The lowest BCUT2D eigenvalue weighted by molar-refractivity contribution is -0.384. The fourth-order valence-electron chi connectivity index (χ4n) is 5.21. The molecule has 1 aromatic rings. The number of carbonyl (C=O) groups is 2. The zero-order chi connectivity index (χ0) is 20.5. The van der Waals surface area contributed by atoms with Crippen LogP contribution in [0.15, 0.2) is 18.2 Å². The van der Waals surface area contributed by atoms with Crippen LogP contribution in [0.1, 0.15) is 38.2 Å². The Bertz CT molecular complexity index is 962. The Kier molecular flexibility index (Phi) is 3.96. The normalized spacial score (nSPS) is 31.4. The minimum Gasteiger partial charge on any atom is -0.367 e. The van der Waals surface area contributed by atoms with Gasteiger partial charge in [-0.25, -0.2) is 0 Å². The highest BCUT2D eigenvalue weighted by molar-refractivity contribution is 7.80. The summed E-state index contributed by atoms with van der Waals surface area (Å²) in [6.07, 6.45) is 3.59. The van der Waals surface area contributed by atoms with Crippen LogP contribution in [0.4, 0.5) is 11.4 Å². The first-order valence-electron chi connectivity index (χ1n) is 10.1. The number of nitrogens with zero attached hydrogens (tertiary/aromatic N) is 3. The highest BCUT2D eigenvalue weighted by Crippen LogP contribution is 2.50. The van der Waals surface area contributed by atoms with Crippen LogP contribution < -0.4 is 10.2 Å². The maximum absolute atomic E-state index is 13.8. The third kappa shape index (κ3) is 2.59. The van der Waals surface area contributed by atoms with E-state index >= 15 is 0 Å². The van der Waals surface area contributed by atoms with Crippen molar-refractivity contribution in [2.75, 3.05) is 11.4 Å². The molecule has 3 aliphatic heterocycles. The number of nitro groups is 1. The molecule has 9 heteroatoms. The van der Waals surface area contributed by atoms with E-state index < -0.39 is 10.3 Å². The van der Waals surface area contributed by atoms with Gasteiger partial charge in [0.15, 0.2) is 10.5 Å². The molecule has 1 spiro atoms. The van der Waals surface area contributed by atoms with Crippen molar-refractivity contribution in [1.82, 2.24) is 10.2 Å². The Hall–Kier alpha value is -2.55. The average molecular weight is 414 g/mol. The molecule has 0 unspecified atom stereocenters. The summed E-state index contributed by atoms with van der Waals surface area (Å²) in [5.41, 5.74) is 0.241. The van der Waals surface area contributed by atoms with Crippen molar-refractivity contribution in [3.8, 4) is 0 Å². The molecule has 2 saturated heterocycles. The Morgan fingerprint density at radius 3 is 2.72 bits per heavy atom. The second-order valence-corrected chi connectivity index (χ2v) is 9.11.